The lowest BCUT2D eigenvalue weighted by molar-refractivity contribution is 0.970. The van der Waals surface area contributed by atoms with Crippen LogP contribution in [0.1, 0.15) is 29.4 Å². The van der Waals surface area contributed by atoms with Crippen molar-refractivity contribution in [3.63, 3.8) is 0 Å². The summed E-state index contributed by atoms with van der Waals surface area (Å²) in [5.74, 6) is 0. The number of aryl methyl sites for hydroxylation is 2. The molecule has 0 saturated heterocycles. The van der Waals surface area contributed by atoms with E-state index in [1.807, 2.05) is 13.8 Å². The van der Waals surface area contributed by atoms with Gasteiger partial charge in [0.25, 0.3) is 0 Å². The lowest BCUT2D eigenvalue weighted by Gasteiger charge is -2.14. The largest absolute Gasteiger partial charge is 0.258 e. The summed E-state index contributed by atoms with van der Waals surface area (Å²) in [6.45, 7) is 9.38. The Hall–Kier alpha value is -2.49. The summed E-state index contributed by atoms with van der Waals surface area (Å²) in [6, 6.07) is 0. The maximum Gasteiger partial charge on any atom is 0.0533 e. The average molecular weight is 243 g/mol. The third kappa shape index (κ3) is 2.60. The van der Waals surface area contributed by atoms with Gasteiger partial charge in [-0.05, 0) is 43.0 Å². The van der Waals surface area contributed by atoms with Gasteiger partial charge in [0.2, 0.25) is 0 Å². The fourth-order valence-corrected chi connectivity index (χ4v) is 1.83. The minimum atomic E-state index is 0.101. The van der Waals surface area contributed by atoms with Crippen LogP contribution in [0.4, 0.5) is 5.69 Å². The number of aromatic nitrogens is 1. The molecule has 0 aliphatic rings. The second-order valence-corrected chi connectivity index (χ2v) is 3.84. The summed E-state index contributed by atoms with van der Waals surface area (Å²) < 4.78 is 0. The lowest BCUT2D eigenvalue weighted by atomic mass is 10.00. The summed E-state index contributed by atoms with van der Waals surface area (Å²) in [5.41, 5.74) is 21.0. The molecule has 0 spiro atoms. The molecule has 7 heteroatoms. The molecular weight excluding hydrogens is 230 g/mol. The molecule has 0 aliphatic heterocycles. The van der Waals surface area contributed by atoms with Crippen molar-refractivity contribution in [1.82, 2.24) is 4.98 Å². The minimum absolute atomic E-state index is 0.101. The molecule has 0 N–H and O–H groups in total. The van der Waals surface area contributed by atoms with Crippen molar-refractivity contribution in [2.45, 2.75) is 27.3 Å². The van der Waals surface area contributed by atoms with E-state index >= 15 is 0 Å². The van der Waals surface area contributed by atoms with Crippen LogP contribution in [0.2, 0.25) is 0 Å². The van der Waals surface area contributed by atoms with Gasteiger partial charge in [0.1, 0.15) is 0 Å². The number of hydrogen-bond donors (Lipinski definition) is 0. The zero-order chi connectivity index (χ0) is 13.7. The van der Waals surface area contributed by atoms with E-state index in [2.05, 4.69) is 31.6 Å². The summed E-state index contributed by atoms with van der Waals surface area (Å²) in [5, 5.41) is 7.20. The van der Waals surface area contributed by atoms with Gasteiger partial charge < -0.3 is 0 Å². The first-order valence-corrected chi connectivity index (χ1v) is 5.24. The van der Waals surface area contributed by atoms with Crippen LogP contribution in [-0.2, 0) is 6.54 Å². The Kier molecular flexibility index (Phi) is 4.32. The summed E-state index contributed by atoms with van der Waals surface area (Å²) in [4.78, 5) is 9.89. The molecule has 1 aromatic rings. The van der Waals surface area contributed by atoms with Gasteiger partial charge in [-0.1, -0.05) is 16.8 Å². The van der Waals surface area contributed by atoms with Gasteiger partial charge >= 0.3 is 0 Å². The smallest absolute Gasteiger partial charge is 0.0533 e. The number of hydrogen-bond acceptors (Lipinski definition) is 3. The van der Waals surface area contributed by atoms with Crippen LogP contribution in [0.3, 0.4) is 0 Å². The van der Waals surface area contributed by atoms with Crippen LogP contribution in [0.15, 0.2) is 16.8 Å². The molecule has 0 radical (unpaired) electrons. The van der Waals surface area contributed by atoms with Crippen LogP contribution < -0.4 is 0 Å². The fraction of sp³-hybridized carbons (Fsp3) is 0.364. The topological polar surface area (TPSA) is 110 Å². The van der Waals surface area contributed by atoms with Crippen molar-refractivity contribution in [3.05, 3.63) is 50.0 Å². The number of rotatable bonds is 4. The molecule has 92 valence electrons. The van der Waals surface area contributed by atoms with E-state index in [9.17, 15) is 0 Å². The molecule has 0 aliphatic carbocycles. The normalized spacial score (nSPS) is 9.28. The lowest BCUT2D eigenvalue weighted by Crippen LogP contribution is -2.00. The average Bonchev–Trinajstić information content (AvgIpc) is 2.28. The third-order valence-electron chi connectivity index (χ3n) is 2.52. The molecule has 1 heterocycles. The van der Waals surface area contributed by atoms with Crippen LogP contribution in [0.5, 0.6) is 0 Å². The monoisotopic (exact) mass is 243 g/mol. The van der Waals surface area contributed by atoms with Gasteiger partial charge in [-0.3, -0.25) is 4.98 Å². The molecule has 18 heavy (non-hydrogen) atoms. The molecule has 0 unspecified atom stereocenters. The fourth-order valence-electron chi connectivity index (χ4n) is 1.83. The molecule has 0 amide bonds. The number of allylic oxidation sites excluding steroid dienone is 1. The molecule has 0 atom stereocenters. The Morgan fingerprint density at radius 2 is 1.94 bits per heavy atom. The second-order valence-electron chi connectivity index (χ2n) is 3.84. The molecule has 7 nitrogen and oxygen atoms in total. The van der Waals surface area contributed by atoms with Crippen LogP contribution in [-0.4, -0.2) is 4.98 Å². The molecule has 0 aromatic carbocycles. The summed E-state index contributed by atoms with van der Waals surface area (Å²) in [7, 11) is 0. The first-order valence-electron chi connectivity index (χ1n) is 5.24. The van der Waals surface area contributed by atoms with Gasteiger partial charge in [-0.25, -0.2) is 0 Å². The van der Waals surface area contributed by atoms with Crippen molar-refractivity contribution >= 4 is 11.3 Å². The van der Waals surface area contributed by atoms with Gasteiger partial charge in [-0.15, -0.1) is 0 Å². The zero-order valence-corrected chi connectivity index (χ0v) is 10.5. The Balaban J connectivity index is 3.67. The number of nitrogens with zero attached hydrogens (tertiary/aromatic N) is 7. The van der Waals surface area contributed by atoms with E-state index in [4.69, 9.17) is 11.1 Å². The maximum absolute atomic E-state index is 8.66. The van der Waals surface area contributed by atoms with E-state index in [0.717, 1.165) is 11.3 Å². The van der Waals surface area contributed by atoms with E-state index in [1.54, 1.807) is 6.92 Å². The van der Waals surface area contributed by atoms with E-state index in [0.29, 0.717) is 22.5 Å². The highest BCUT2D eigenvalue weighted by Gasteiger charge is 2.14. The Bertz CT molecular complexity index is 590. The van der Waals surface area contributed by atoms with E-state index < -0.39 is 0 Å². The van der Waals surface area contributed by atoms with Crippen LogP contribution >= 0.6 is 0 Å². The molecule has 0 fully saturated rings. The van der Waals surface area contributed by atoms with Crippen molar-refractivity contribution in [1.29, 1.82) is 0 Å². The molecular formula is C11H13N7. The Morgan fingerprint density at radius 1 is 1.28 bits per heavy atom. The SMILES string of the molecule is C=C(C)c1c(C)nc(C)c(CN=[N+]=[N-])c1N=[N+]=[N-]. The highest BCUT2D eigenvalue weighted by Crippen LogP contribution is 2.33. The van der Waals surface area contributed by atoms with Crippen LogP contribution in [0, 0.1) is 13.8 Å². The summed E-state index contributed by atoms with van der Waals surface area (Å²) in [6.07, 6.45) is 0. The first-order chi connectivity index (χ1) is 8.52. The standard InChI is InChI=1S/C11H13N7/c1-6(2)10-8(4)15-7(3)9(5-14-17-12)11(10)16-18-13/h1,5H2,2-4H3. The highest BCUT2D eigenvalue weighted by molar-refractivity contribution is 5.76. The van der Waals surface area contributed by atoms with Crippen molar-refractivity contribution in [2.24, 2.45) is 10.2 Å². The maximum atomic E-state index is 8.66. The van der Waals surface area contributed by atoms with Gasteiger partial charge in [0.15, 0.2) is 0 Å². The Labute approximate surface area is 104 Å². The Morgan fingerprint density at radius 3 is 2.44 bits per heavy atom. The minimum Gasteiger partial charge on any atom is -0.258 e. The van der Waals surface area contributed by atoms with Crippen molar-refractivity contribution in [3.8, 4) is 0 Å². The van der Waals surface area contributed by atoms with Gasteiger partial charge in [-0.2, -0.15) is 0 Å². The third-order valence-corrected chi connectivity index (χ3v) is 2.52. The van der Waals surface area contributed by atoms with Crippen molar-refractivity contribution < 1.29 is 0 Å². The highest BCUT2D eigenvalue weighted by atomic mass is 15.2. The number of pyridine rings is 1. The van der Waals surface area contributed by atoms with Crippen LogP contribution in [0.25, 0.3) is 26.5 Å². The van der Waals surface area contributed by atoms with Gasteiger partial charge in [0, 0.05) is 26.8 Å². The molecule has 1 rings (SSSR count). The molecule has 1 aromatic heterocycles. The molecule has 0 saturated carbocycles. The quantitative estimate of drug-likeness (QED) is 0.433. The second kappa shape index (κ2) is 5.72. The van der Waals surface area contributed by atoms with E-state index in [-0.39, 0.29) is 6.54 Å². The predicted molar refractivity (Wildman–Crippen MR) is 70.1 cm³/mol. The molecule has 0 bridgehead atoms. The number of azide groups is 2. The zero-order valence-electron chi connectivity index (χ0n) is 10.5. The van der Waals surface area contributed by atoms with E-state index in [1.165, 1.54) is 0 Å². The van der Waals surface area contributed by atoms with Gasteiger partial charge in [0.05, 0.1) is 12.2 Å². The summed E-state index contributed by atoms with van der Waals surface area (Å²) >= 11 is 0. The predicted octanol–water partition coefficient (Wildman–Crippen LogP) is 4.48. The first kappa shape index (κ1) is 13.6. The van der Waals surface area contributed by atoms with Crippen molar-refractivity contribution in [2.75, 3.05) is 0 Å².